The predicted octanol–water partition coefficient (Wildman–Crippen LogP) is 4.80. The number of hydrogen-bond donors (Lipinski definition) is 2. The number of hydrogen-bond acceptors (Lipinski definition) is 6. The monoisotopic (exact) mass is 478 g/mol. The second kappa shape index (κ2) is 8.43. The Bertz CT molecular complexity index is 1370. The van der Waals surface area contributed by atoms with Crippen molar-refractivity contribution in [2.45, 2.75) is 25.2 Å². The minimum absolute atomic E-state index is 0.0276. The minimum atomic E-state index is -4.54. The first kappa shape index (κ1) is 23.2. The van der Waals surface area contributed by atoms with E-state index in [1.165, 1.54) is 24.3 Å². The molecule has 12 heteroatoms. The molecule has 34 heavy (non-hydrogen) atoms. The van der Waals surface area contributed by atoms with Crippen molar-refractivity contribution < 1.29 is 26.3 Å². The molecule has 0 bridgehead atoms. The van der Waals surface area contributed by atoms with Gasteiger partial charge >= 0.3 is 12.4 Å². The summed E-state index contributed by atoms with van der Waals surface area (Å²) < 4.78 is 78.8. The maximum Gasteiger partial charge on any atom is 0.416 e. The van der Waals surface area contributed by atoms with Crippen LogP contribution >= 0.6 is 0 Å². The molecule has 0 aliphatic rings. The van der Waals surface area contributed by atoms with Crippen molar-refractivity contribution in [3.8, 4) is 0 Å². The summed E-state index contributed by atoms with van der Waals surface area (Å²) in [7, 11) is 0. The van der Waals surface area contributed by atoms with E-state index in [2.05, 4.69) is 19.9 Å². The van der Waals surface area contributed by atoms with Gasteiger partial charge in [-0.25, -0.2) is 9.97 Å². The van der Waals surface area contributed by atoms with E-state index in [1.54, 1.807) is 0 Å². The van der Waals surface area contributed by atoms with Crippen molar-refractivity contribution in [1.82, 2.24) is 19.9 Å². The summed E-state index contributed by atoms with van der Waals surface area (Å²) in [4.78, 5) is 16.6. The molecule has 0 fully saturated rings. The Morgan fingerprint density at radius 1 is 0.647 bits per heavy atom. The van der Waals surface area contributed by atoms with Crippen LogP contribution in [-0.2, 0) is 25.2 Å². The lowest BCUT2D eigenvalue weighted by atomic mass is 10.0. The van der Waals surface area contributed by atoms with Crippen LogP contribution < -0.4 is 11.5 Å². The molecule has 0 aliphatic heterocycles. The number of alkyl halides is 6. The van der Waals surface area contributed by atoms with Crippen molar-refractivity contribution >= 4 is 22.9 Å². The molecule has 0 saturated carbocycles. The second-order valence-electron chi connectivity index (χ2n) is 7.51. The highest BCUT2D eigenvalue weighted by atomic mass is 19.4. The molecule has 4 N–H and O–H groups in total. The maximum absolute atomic E-state index is 13.1. The smallest absolute Gasteiger partial charge is 0.382 e. The first-order valence-electron chi connectivity index (χ1n) is 9.81. The number of nitrogens with two attached hydrogens (primary N) is 2. The average Bonchev–Trinajstić information content (AvgIpc) is 2.74. The quantitative estimate of drug-likeness (QED) is 0.409. The number of rotatable bonds is 4. The van der Waals surface area contributed by atoms with Gasteiger partial charge in [0.05, 0.1) is 22.5 Å². The van der Waals surface area contributed by atoms with Crippen LogP contribution in [0.15, 0.2) is 48.5 Å². The molecule has 0 amide bonds. The molecular weight excluding hydrogens is 462 g/mol. The molecule has 2 heterocycles. The van der Waals surface area contributed by atoms with Gasteiger partial charge in [0.15, 0.2) is 17.0 Å². The fourth-order valence-electron chi connectivity index (χ4n) is 3.44. The number of nitrogens with zero attached hydrogens (tertiary/aromatic N) is 4. The molecule has 2 aromatic heterocycles. The fourth-order valence-corrected chi connectivity index (χ4v) is 3.44. The van der Waals surface area contributed by atoms with Gasteiger partial charge in [0.25, 0.3) is 0 Å². The molecule has 4 aromatic rings. The Hall–Kier alpha value is -3.96. The third-order valence-electron chi connectivity index (χ3n) is 4.98. The van der Waals surface area contributed by atoms with Crippen LogP contribution in [0.5, 0.6) is 0 Å². The van der Waals surface area contributed by atoms with Crippen molar-refractivity contribution in [1.29, 1.82) is 0 Å². The van der Waals surface area contributed by atoms with E-state index in [0.717, 1.165) is 24.3 Å². The van der Waals surface area contributed by atoms with Crippen molar-refractivity contribution in [3.63, 3.8) is 0 Å². The van der Waals surface area contributed by atoms with Crippen LogP contribution in [0.2, 0.25) is 0 Å². The summed E-state index contributed by atoms with van der Waals surface area (Å²) in [5.41, 5.74) is 10.9. The molecule has 4 rings (SSSR count). The summed E-state index contributed by atoms with van der Waals surface area (Å²) in [5.74, 6) is -0.249. The number of fused-ring (bicyclic) bond motifs is 1. The molecule has 6 nitrogen and oxygen atoms in total. The molecule has 0 saturated heterocycles. The zero-order chi connectivity index (χ0) is 24.7. The van der Waals surface area contributed by atoms with E-state index in [0.29, 0.717) is 0 Å². The average molecular weight is 478 g/mol. The van der Waals surface area contributed by atoms with Crippen molar-refractivity contribution in [2.75, 3.05) is 11.5 Å². The van der Waals surface area contributed by atoms with Crippen LogP contribution in [-0.4, -0.2) is 19.9 Å². The van der Waals surface area contributed by atoms with Gasteiger partial charge in [-0.1, -0.05) is 36.4 Å². The molecule has 0 radical (unpaired) electrons. The zero-order valence-electron chi connectivity index (χ0n) is 17.2. The van der Waals surface area contributed by atoms with E-state index < -0.39 is 23.5 Å². The van der Waals surface area contributed by atoms with Crippen LogP contribution in [0.25, 0.3) is 11.2 Å². The van der Waals surface area contributed by atoms with E-state index in [9.17, 15) is 26.3 Å². The van der Waals surface area contributed by atoms with Gasteiger partial charge in [-0.3, -0.25) is 0 Å². The second-order valence-corrected chi connectivity index (χ2v) is 7.51. The largest absolute Gasteiger partial charge is 0.416 e. The lowest BCUT2D eigenvalue weighted by Gasteiger charge is -2.13. The third-order valence-corrected chi connectivity index (χ3v) is 4.98. The van der Waals surface area contributed by atoms with Gasteiger partial charge in [0.2, 0.25) is 5.95 Å². The molecule has 176 valence electrons. The highest BCUT2D eigenvalue weighted by molar-refractivity contribution is 5.82. The summed E-state index contributed by atoms with van der Waals surface area (Å²) in [6.45, 7) is 0. The predicted molar refractivity (Wildman–Crippen MR) is 112 cm³/mol. The number of nitrogen functional groups attached to an aromatic ring is 2. The van der Waals surface area contributed by atoms with E-state index in [-0.39, 0.29) is 58.3 Å². The van der Waals surface area contributed by atoms with Crippen LogP contribution in [0, 0.1) is 0 Å². The molecular formula is C22H16F6N6. The van der Waals surface area contributed by atoms with Crippen LogP contribution in [0.4, 0.5) is 38.1 Å². The normalized spacial score (nSPS) is 12.3. The SMILES string of the molecule is Nc1nc(N)c2nc(Cc3cccc(C(F)(F)F)c3)c(Cc3cccc(C(F)(F)F)c3)nc2n1. The molecule has 0 spiro atoms. The summed E-state index contributed by atoms with van der Waals surface area (Å²) in [5, 5.41) is 0. The van der Waals surface area contributed by atoms with E-state index in [4.69, 9.17) is 11.5 Å². The van der Waals surface area contributed by atoms with Crippen molar-refractivity contribution in [3.05, 3.63) is 82.2 Å². The van der Waals surface area contributed by atoms with Gasteiger partial charge in [-0.15, -0.1) is 0 Å². The third kappa shape index (κ3) is 5.00. The summed E-state index contributed by atoms with van der Waals surface area (Å²) in [6.07, 6.45) is -9.24. The van der Waals surface area contributed by atoms with E-state index in [1.807, 2.05) is 0 Å². The first-order valence-corrected chi connectivity index (χ1v) is 9.81. The highest BCUT2D eigenvalue weighted by Gasteiger charge is 2.31. The topological polar surface area (TPSA) is 104 Å². The number of anilines is 2. The Morgan fingerprint density at radius 2 is 1.15 bits per heavy atom. The number of halogens is 6. The van der Waals surface area contributed by atoms with Gasteiger partial charge in [0.1, 0.15) is 0 Å². The maximum atomic E-state index is 13.1. The lowest BCUT2D eigenvalue weighted by molar-refractivity contribution is -0.138. The molecule has 2 aromatic carbocycles. The standard InChI is InChI=1S/C22H16F6N6/c23-21(24,25)13-5-1-3-11(7-13)9-15-16(10-12-4-2-6-14(8-12)22(26,27)28)32-19-17(31-15)18(29)33-20(30)34-19/h1-8H,9-10H2,(H4,29,30,32,33,34). The Labute approximate surface area is 188 Å². The van der Waals surface area contributed by atoms with Crippen LogP contribution in [0.3, 0.4) is 0 Å². The Balaban J connectivity index is 1.81. The fraction of sp³-hybridized carbons (Fsp3) is 0.182. The lowest BCUT2D eigenvalue weighted by Crippen LogP contribution is -2.10. The van der Waals surface area contributed by atoms with Gasteiger partial charge in [0, 0.05) is 12.8 Å². The summed E-state index contributed by atoms with van der Waals surface area (Å²) >= 11 is 0. The van der Waals surface area contributed by atoms with E-state index >= 15 is 0 Å². The first-order chi connectivity index (χ1) is 15.9. The van der Waals surface area contributed by atoms with Gasteiger partial charge in [-0.2, -0.15) is 36.3 Å². The highest BCUT2D eigenvalue weighted by Crippen LogP contribution is 2.32. The molecule has 0 aliphatic carbocycles. The van der Waals surface area contributed by atoms with Gasteiger partial charge < -0.3 is 11.5 Å². The zero-order valence-corrected chi connectivity index (χ0v) is 17.2. The molecule has 0 atom stereocenters. The summed E-state index contributed by atoms with van der Waals surface area (Å²) in [6, 6.07) is 9.32. The number of aromatic nitrogens is 4. The minimum Gasteiger partial charge on any atom is -0.382 e. The Kier molecular flexibility index (Phi) is 5.75. The number of benzene rings is 2. The van der Waals surface area contributed by atoms with Crippen LogP contribution in [0.1, 0.15) is 33.6 Å². The van der Waals surface area contributed by atoms with Crippen molar-refractivity contribution in [2.24, 2.45) is 0 Å². The molecule has 0 unspecified atom stereocenters. The Morgan fingerprint density at radius 3 is 1.65 bits per heavy atom. The van der Waals surface area contributed by atoms with Gasteiger partial charge in [-0.05, 0) is 23.3 Å².